The molecule has 1 atom stereocenters. The molecule has 0 heterocycles. The van der Waals surface area contributed by atoms with Crippen LogP contribution in [0, 0.1) is 0 Å². The lowest BCUT2D eigenvalue weighted by Crippen LogP contribution is -2.30. The minimum atomic E-state index is -0.0424. The number of carbonyl (C=O) groups is 1. The van der Waals surface area contributed by atoms with E-state index in [9.17, 15) is 4.79 Å². The van der Waals surface area contributed by atoms with Crippen molar-refractivity contribution in [3.8, 4) is 0 Å². The van der Waals surface area contributed by atoms with Crippen LogP contribution in [0.5, 0.6) is 0 Å². The highest BCUT2D eigenvalue weighted by Gasteiger charge is 2.22. The average molecular weight is 205 g/mol. The number of hydrogen-bond donors (Lipinski definition) is 1. The molecule has 1 aliphatic carbocycles. The molecule has 1 aliphatic rings. The first-order valence-electron chi connectivity index (χ1n) is 5.17. The lowest BCUT2D eigenvalue weighted by Gasteiger charge is -2.13. The summed E-state index contributed by atoms with van der Waals surface area (Å²) in [7, 11) is 1.53. The van der Waals surface area contributed by atoms with Crippen LogP contribution >= 0.6 is 0 Å². The smallest absolute Gasteiger partial charge is 0.246 e. The highest BCUT2D eigenvalue weighted by molar-refractivity contribution is 5.77. The number of ether oxygens (including phenoxy) is 1. The third-order valence-corrected chi connectivity index (χ3v) is 2.74. The van der Waals surface area contributed by atoms with E-state index in [0.29, 0.717) is 0 Å². The third-order valence-electron chi connectivity index (χ3n) is 2.74. The van der Waals surface area contributed by atoms with Crippen LogP contribution in [0.25, 0.3) is 0 Å². The van der Waals surface area contributed by atoms with Gasteiger partial charge in [0.2, 0.25) is 5.91 Å². The van der Waals surface area contributed by atoms with Crippen LogP contribution in [0.1, 0.15) is 23.6 Å². The number of benzene rings is 1. The van der Waals surface area contributed by atoms with Crippen LogP contribution in [0.3, 0.4) is 0 Å². The Morgan fingerprint density at radius 1 is 1.53 bits per heavy atom. The van der Waals surface area contributed by atoms with E-state index in [0.717, 1.165) is 12.8 Å². The van der Waals surface area contributed by atoms with Crippen LogP contribution in [0.2, 0.25) is 0 Å². The van der Waals surface area contributed by atoms with Crippen molar-refractivity contribution in [1.29, 1.82) is 0 Å². The average Bonchev–Trinajstić information content (AvgIpc) is 2.62. The molecule has 0 radical (unpaired) electrons. The number of fused-ring (bicyclic) bond motifs is 1. The Hall–Kier alpha value is -1.35. The van der Waals surface area contributed by atoms with Crippen molar-refractivity contribution in [3.05, 3.63) is 35.4 Å². The zero-order valence-corrected chi connectivity index (χ0v) is 8.82. The first-order chi connectivity index (χ1) is 7.31. The second-order valence-corrected chi connectivity index (χ2v) is 3.79. The third kappa shape index (κ3) is 2.18. The fraction of sp³-hybridized carbons (Fsp3) is 0.417. The van der Waals surface area contributed by atoms with Crippen molar-refractivity contribution in [1.82, 2.24) is 5.32 Å². The van der Waals surface area contributed by atoms with Crippen molar-refractivity contribution < 1.29 is 9.53 Å². The zero-order valence-electron chi connectivity index (χ0n) is 8.82. The number of amides is 1. The maximum Gasteiger partial charge on any atom is 0.246 e. The summed E-state index contributed by atoms with van der Waals surface area (Å²) in [5, 5.41) is 2.97. The van der Waals surface area contributed by atoms with Gasteiger partial charge in [-0.25, -0.2) is 0 Å². The van der Waals surface area contributed by atoms with Crippen LogP contribution < -0.4 is 5.32 Å². The lowest BCUT2D eigenvalue weighted by atomic mass is 10.1. The van der Waals surface area contributed by atoms with Gasteiger partial charge in [-0.05, 0) is 24.0 Å². The van der Waals surface area contributed by atoms with Gasteiger partial charge >= 0.3 is 0 Å². The summed E-state index contributed by atoms with van der Waals surface area (Å²) in [5.74, 6) is -0.0424. The minimum Gasteiger partial charge on any atom is -0.375 e. The monoisotopic (exact) mass is 205 g/mol. The Bertz CT molecular complexity index is 362. The Labute approximate surface area is 89.4 Å². The fourth-order valence-electron chi connectivity index (χ4n) is 2.07. The molecule has 0 fully saturated rings. The molecule has 0 spiro atoms. The molecule has 2 rings (SSSR count). The van der Waals surface area contributed by atoms with E-state index >= 15 is 0 Å². The van der Waals surface area contributed by atoms with E-state index in [2.05, 4.69) is 17.4 Å². The SMILES string of the molecule is COCC(=O)N[C@@H]1CCc2ccccc21. The molecule has 1 aromatic carbocycles. The van der Waals surface area contributed by atoms with E-state index in [4.69, 9.17) is 4.74 Å². The summed E-state index contributed by atoms with van der Waals surface area (Å²) in [6, 6.07) is 8.43. The van der Waals surface area contributed by atoms with Gasteiger partial charge in [-0.2, -0.15) is 0 Å². The molecule has 0 saturated heterocycles. The van der Waals surface area contributed by atoms with Crippen molar-refractivity contribution in [2.75, 3.05) is 13.7 Å². The predicted octanol–water partition coefficient (Wildman–Crippen LogP) is 1.44. The number of carbonyl (C=O) groups excluding carboxylic acids is 1. The molecule has 1 N–H and O–H groups in total. The molecule has 80 valence electrons. The number of methoxy groups -OCH3 is 1. The fourth-order valence-corrected chi connectivity index (χ4v) is 2.07. The van der Waals surface area contributed by atoms with Gasteiger partial charge in [0.25, 0.3) is 0 Å². The summed E-state index contributed by atoms with van der Waals surface area (Å²) in [4.78, 5) is 11.4. The van der Waals surface area contributed by atoms with E-state index < -0.39 is 0 Å². The van der Waals surface area contributed by atoms with Gasteiger partial charge in [0.15, 0.2) is 0 Å². The van der Waals surface area contributed by atoms with Crippen molar-refractivity contribution in [2.24, 2.45) is 0 Å². The molecule has 1 aromatic rings. The van der Waals surface area contributed by atoms with E-state index in [-0.39, 0.29) is 18.6 Å². The summed E-state index contributed by atoms with van der Waals surface area (Å²) in [6.45, 7) is 0.138. The maximum absolute atomic E-state index is 11.4. The normalized spacial score (nSPS) is 18.6. The van der Waals surface area contributed by atoms with Crippen LogP contribution in [0.4, 0.5) is 0 Å². The Morgan fingerprint density at radius 2 is 2.33 bits per heavy atom. The lowest BCUT2D eigenvalue weighted by molar-refractivity contribution is -0.125. The summed E-state index contributed by atoms with van der Waals surface area (Å²) >= 11 is 0. The molecule has 0 saturated carbocycles. The first-order valence-corrected chi connectivity index (χ1v) is 5.17. The molecule has 3 heteroatoms. The predicted molar refractivity (Wildman–Crippen MR) is 57.5 cm³/mol. The summed E-state index contributed by atoms with van der Waals surface area (Å²) in [6.07, 6.45) is 2.04. The van der Waals surface area contributed by atoms with Crippen molar-refractivity contribution in [2.45, 2.75) is 18.9 Å². The topological polar surface area (TPSA) is 38.3 Å². The van der Waals surface area contributed by atoms with Crippen LogP contribution in [-0.2, 0) is 16.0 Å². The number of aryl methyl sites for hydroxylation is 1. The molecule has 0 aliphatic heterocycles. The second kappa shape index (κ2) is 4.45. The first kappa shape index (κ1) is 10.2. The summed E-state index contributed by atoms with van der Waals surface area (Å²) < 4.78 is 4.79. The Balaban J connectivity index is 2.04. The number of hydrogen-bond acceptors (Lipinski definition) is 2. The molecule has 1 amide bonds. The molecule has 15 heavy (non-hydrogen) atoms. The highest BCUT2D eigenvalue weighted by Crippen LogP contribution is 2.30. The zero-order chi connectivity index (χ0) is 10.7. The van der Waals surface area contributed by atoms with Gasteiger partial charge < -0.3 is 10.1 Å². The largest absolute Gasteiger partial charge is 0.375 e. The van der Waals surface area contributed by atoms with Crippen molar-refractivity contribution in [3.63, 3.8) is 0 Å². The van der Waals surface area contributed by atoms with Gasteiger partial charge in [-0.1, -0.05) is 24.3 Å². The van der Waals surface area contributed by atoms with E-state index in [1.165, 1.54) is 18.2 Å². The van der Waals surface area contributed by atoms with E-state index in [1.807, 2.05) is 12.1 Å². The van der Waals surface area contributed by atoms with Crippen molar-refractivity contribution >= 4 is 5.91 Å². The molecule has 3 nitrogen and oxygen atoms in total. The van der Waals surface area contributed by atoms with Gasteiger partial charge in [-0.3, -0.25) is 4.79 Å². The maximum atomic E-state index is 11.4. The van der Waals surface area contributed by atoms with Gasteiger partial charge in [-0.15, -0.1) is 0 Å². The van der Waals surface area contributed by atoms with E-state index in [1.54, 1.807) is 0 Å². The Morgan fingerprint density at radius 3 is 3.13 bits per heavy atom. The molecule has 0 unspecified atom stereocenters. The van der Waals surface area contributed by atoms with Gasteiger partial charge in [0, 0.05) is 7.11 Å². The molecule has 0 aromatic heterocycles. The number of nitrogens with one attached hydrogen (secondary N) is 1. The van der Waals surface area contributed by atoms with Gasteiger partial charge in [0.05, 0.1) is 6.04 Å². The minimum absolute atomic E-state index is 0.0424. The van der Waals surface area contributed by atoms with Crippen LogP contribution in [-0.4, -0.2) is 19.6 Å². The molecular formula is C12H15NO2. The summed E-state index contributed by atoms with van der Waals surface area (Å²) in [5.41, 5.74) is 2.60. The second-order valence-electron chi connectivity index (χ2n) is 3.79. The molecular weight excluding hydrogens is 190 g/mol. The van der Waals surface area contributed by atoms with Crippen LogP contribution in [0.15, 0.2) is 24.3 Å². The Kier molecular flexibility index (Phi) is 3.02. The number of rotatable bonds is 3. The highest BCUT2D eigenvalue weighted by atomic mass is 16.5. The quantitative estimate of drug-likeness (QED) is 0.810. The standard InChI is InChI=1S/C12H15NO2/c1-15-8-12(14)13-11-7-6-9-4-2-3-5-10(9)11/h2-5,11H,6-8H2,1H3,(H,13,14)/t11-/m1/s1. The molecule has 0 bridgehead atoms. The van der Waals surface area contributed by atoms with Gasteiger partial charge in [0.1, 0.15) is 6.61 Å².